The molecule has 0 bridgehead atoms. The van der Waals surface area contributed by atoms with Gasteiger partial charge >= 0.3 is 0 Å². The van der Waals surface area contributed by atoms with E-state index in [-0.39, 0.29) is 11.5 Å². The first-order chi connectivity index (χ1) is 12.4. The number of hydrogen-bond acceptors (Lipinski definition) is 2. The molecule has 130 valence electrons. The van der Waals surface area contributed by atoms with Crippen molar-refractivity contribution in [2.24, 2.45) is 0 Å². The number of phenolic OH excluding ortho intramolecular Hbond substituents is 2. The average molecular weight is 342 g/mol. The van der Waals surface area contributed by atoms with Crippen LogP contribution in [0.1, 0.15) is 22.3 Å². The van der Waals surface area contributed by atoms with Gasteiger partial charge in [0, 0.05) is 21.9 Å². The highest BCUT2D eigenvalue weighted by Crippen LogP contribution is 2.45. The Morgan fingerprint density at radius 3 is 2.12 bits per heavy atom. The molecule has 0 heterocycles. The zero-order chi connectivity index (χ0) is 18.6. The molecule has 4 aromatic rings. The van der Waals surface area contributed by atoms with Crippen LogP contribution in [-0.2, 0) is 0 Å². The molecule has 0 unspecified atom stereocenters. The Bertz CT molecular complexity index is 1190. The van der Waals surface area contributed by atoms with E-state index in [0.717, 1.165) is 32.7 Å². The van der Waals surface area contributed by atoms with Crippen LogP contribution in [0, 0.1) is 27.7 Å². The van der Waals surface area contributed by atoms with Gasteiger partial charge in [0.05, 0.1) is 0 Å². The number of fused-ring (bicyclic) bond motifs is 2. The van der Waals surface area contributed by atoms with E-state index in [1.807, 2.05) is 49.4 Å². The fraction of sp³-hybridized carbons (Fsp3) is 0.167. The third-order valence-electron chi connectivity index (χ3n) is 5.62. The van der Waals surface area contributed by atoms with Crippen LogP contribution in [0.3, 0.4) is 0 Å². The summed E-state index contributed by atoms with van der Waals surface area (Å²) in [4.78, 5) is 0. The Balaban J connectivity index is 2.09. The van der Waals surface area contributed by atoms with Gasteiger partial charge in [-0.05, 0) is 72.9 Å². The van der Waals surface area contributed by atoms with E-state index in [1.165, 1.54) is 11.1 Å². The predicted molar refractivity (Wildman–Crippen MR) is 109 cm³/mol. The molecule has 26 heavy (non-hydrogen) atoms. The SMILES string of the molecule is Cc1cc2c(O)c(-c3c(C)cc4ccccc4c3O)ccc2c(C)c1C. The van der Waals surface area contributed by atoms with E-state index >= 15 is 0 Å². The molecule has 0 saturated heterocycles. The van der Waals surface area contributed by atoms with Crippen molar-refractivity contribution in [3.8, 4) is 22.6 Å². The van der Waals surface area contributed by atoms with E-state index in [1.54, 1.807) is 0 Å². The van der Waals surface area contributed by atoms with Crippen LogP contribution in [0.25, 0.3) is 32.7 Å². The Kier molecular flexibility index (Phi) is 3.66. The Morgan fingerprint density at radius 2 is 1.35 bits per heavy atom. The number of benzene rings is 4. The molecule has 0 aliphatic carbocycles. The molecule has 0 aliphatic heterocycles. The van der Waals surface area contributed by atoms with Gasteiger partial charge in [-0.15, -0.1) is 0 Å². The van der Waals surface area contributed by atoms with Crippen LogP contribution in [-0.4, -0.2) is 10.2 Å². The summed E-state index contributed by atoms with van der Waals surface area (Å²) in [5.74, 6) is 0.443. The lowest BCUT2D eigenvalue weighted by molar-refractivity contribution is 0.475. The summed E-state index contributed by atoms with van der Waals surface area (Å²) in [6, 6.07) is 15.8. The van der Waals surface area contributed by atoms with Crippen LogP contribution in [0.2, 0.25) is 0 Å². The van der Waals surface area contributed by atoms with Gasteiger partial charge in [-0.3, -0.25) is 0 Å². The fourth-order valence-corrected chi connectivity index (χ4v) is 3.91. The molecule has 0 amide bonds. The van der Waals surface area contributed by atoms with E-state index in [9.17, 15) is 10.2 Å². The fourth-order valence-electron chi connectivity index (χ4n) is 3.91. The number of aromatic hydroxyl groups is 2. The standard InChI is InChI=1S/C24H22O2/c1-13-12-21-18(16(4)15(13)3)9-10-20(23(21)25)22-14(2)11-17-7-5-6-8-19(17)24(22)26/h5-12,25-26H,1-4H3. The molecular formula is C24H22O2. The molecule has 0 saturated carbocycles. The van der Waals surface area contributed by atoms with Gasteiger partial charge in [-0.2, -0.15) is 0 Å². The maximum Gasteiger partial charge on any atom is 0.131 e. The lowest BCUT2D eigenvalue weighted by Gasteiger charge is -2.17. The second-order valence-electron chi connectivity index (χ2n) is 7.14. The van der Waals surface area contributed by atoms with Gasteiger partial charge in [0.1, 0.15) is 11.5 Å². The smallest absolute Gasteiger partial charge is 0.131 e. The van der Waals surface area contributed by atoms with Gasteiger partial charge in [-0.25, -0.2) is 0 Å². The van der Waals surface area contributed by atoms with E-state index in [0.29, 0.717) is 11.1 Å². The zero-order valence-corrected chi connectivity index (χ0v) is 15.5. The van der Waals surface area contributed by atoms with Crippen LogP contribution >= 0.6 is 0 Å². The first-order valence-electron chi connectivity index (χ1n) is 8.84. The molecule has 4 rings (SSSR count). The van der Waals surface area contributed by atoms with Gasteiger partial charge in [0.15, 0.2) is 0 Å². The first kappa shape index (κ1) is 16.5. The molecule has 2 nitrogen and oxygen atoms in total. The van der Waals surface area contributed by atoms with Crippen molar-refractivity contribution in [1.29, 1.82) is 0 Å². The van der Waals surface area contributed by atoms with Crippen molar-refractivity contribution < 1.29 is 10.2 Å². The Hall–Kier alpha value is -3.00. The second kappa shape index (κ2) is 5.77. The van der Waals surface area contributed by atoms with Gasteiger partial charge in [-0.1, -0.05) is 36.4 Å². The summed E-state index contributed by atoms with van der Waals surface area (Å²) in [7, 11) is 0. The molecule has 0 atom stereocenters. The topological polar surface area (TPSA) is 40.5 Å². The Morgan fingerprint density at radius 1 is 0.615 bits per heavy atom. The number of aryl methyl sites for hydroxylation is 3. The molecule has 0 aliphatic rings. The average Bonchev–Trinajstić information content (AvgIpc) is 2.62. The minimum Gasteiger partial charge on any atom is -0.507 e. The van der Waals surface area contributed by atoms with E-state index in [4.69, 9.17) is 0 Å². The number of rotatable bonds is 1. The van der Waals surface area contributed by atoms with E-state index in [2.05, 4.69) is 26.8 Å². The molecule has 4 aromatic carbocycles. The minimum atomic E-state index is 0.218. The highest BCUT2D eigenvalue weighted by Gasteiger charge is 2.18. The van der Waals surface area contributed by atoms with Crippen molar-refractivity contribution in [2.75, 3.05) is 0 Å². The van der Waals surface area contributed by atoms with Crippen molar-refractivity contribution in [1.82, 2.24) is 0 Å². The first-order valence-corrected chi connectivity index (χ1v) is 8.84. The summed E-state index contributed by atoms with van der Waals surface area (Å²) in [5.41, 5.74) is 5.88. The molecular weight excluding hydrogens is 320 g/mol. The van der Waals surface area contributed by atoms with Crippen molar-refractivity contribution in [3.05, 3.63) is 70.8 Å². The largest absolute Gasteiger partial charge is 0.507 e. The zero-order valence-electron chi connectivity index (χ0n) is 15.5. The lowest BCUT2D eigenvalue weighted by atomic mass is 9.90. The maximum atomic E-state index is 11.1. The van der Waals surface area contributed by atoms with Crippen LogP contribution in [0.5, 0.6) is 11.5 Å². The Labute approximate surface area is 153 Å². The van der Waals surface area contributed by atoms with Crippen molar-refractivity contribution in [3.63, 3.8) is 0 Å². The molecule has 0 spiro atoms. The molecule has 0 aromatic heterocycles. The lowest BCUT2D eigenvalue weighted by Crippen LogP contribution is -1.92. The van der Waals surface area contributed by atoms with Crippen molar-refractivity contribution in [2.45, 2.75) is 27.7 Å². The quantitative estimate of drug-likeness (QED) is 0.426. The molecule has 2 N–H and O–H groups in total. The maximum absolute atomic E-state index is 11.1. The van der Waals surface area contributed by atoms with Crippen LogP contribution < -0.4 is 0 Å². The van der Waals surface area contributed by atoms with Gasteiger partial charge in [0.2, 0.25) is 0 Å². The summed E-state index contributed by atoms with van der Waals surface area (Å²) < 4.78 is 0. The van der Waals surface area contributed by atoms with Crippen LogP contribution in [0.15, 0.2) is 48.5 Å². The molecule has 0 fully saturated rings. The summed E-state index contributed by atoms with van der Waals surface area (Å²) in [5, 5.41) is 25.6. The van der Waals surface area contributed by atoms with Crippen LogP contribution in [0.4, 0.5) is 0 Å². The predicted octanol–water partition coefficient (Wildman–Crippen LogP) is 6.30. The monoisotopic (exact) mass is 342 g/mol. The molecule has 0 radical (unpaired) electrons. The summed E-state index contributed by atoms with van der Waals surface area (Å²) >= 11 is 0. The number of hydrogen-bond donors (Lipinski definition) is 2. The molecule has 2 heteroatoms. The summed E-state index contributed by atoms with van der Waals surface area (Å²) in [6.45, 7) is 8.22. The minimum absolute atomic E-state index is 0.218. The number of phenols is 2. The third-order valence-corrected chi connectivity index (χ3v) is 5.62. The highest BCUT2D eigenvalue weighted by atomic mass is 16.3. The summed E-state index contributed by atoms with van der Waals surface area (Å²) in [6.07, 6.45) is 0. The van der Waals surface area contributed by atoms with Gasteiger partial charge in [0.25, 0.3) is 0 Å². The van der Waals surface area contributed by atoms with Gasteiger partial charge < -0.3 is 10.2 Å². The second-order valence-corrected chi connectivity index (χ2v) is 7.14. The van der Waals surface area contributed by atoms with E-state index < -0.39 is 0 Å². The highest BCUT2D eigenvalue weighted by molar-refractivity contribution is 6.02. The normalized spacial score (nSPS) is 11.4. The third kappa shape index (κ3) is 2.26. The van der Waals surface area contributed by atoms with Crippen molar-refractivity contribution >= 4 is 21.5 Å².